The predicted octanol–water partition coefficient (Wildman–Crippen LogP) is 2.52. The van der Waals surface area contributed by atoms with Crippen molar-refractivity contribution >= 4 is 17.4 Å². The molecule has 96 valence electrons. The minimum Gasteiger partial charge on any atom is -0.448 e. The minimum absolute atomic E-state index is 0.0650. The van der Waals surface area contributed by atoms with Gasteiger partial charge in [-0.05, 0) is 18.9 Å². The SMILES string of the molecule is NCC(=O)c1cc2c(cc1Cl)OC1(CCCC1)O2. The highest BCUT2D eigenvalue weighted by Gasteiger charge is 2.44. The van der Waals surface area contributed by atoms with Crippen molar-refractivity contribution in [2.45, 2.75) is 31.5 Å². The van der Waals surface area contributed by atoms with E-state index in [1.807, 2.05) is 0 Å². The summed E-state index contributed by atoms with van der Waals surface area (Å²) in [6.45, 7) is -0.0650. The largest absolute Gasteiger partial charge is 0.448 e. The Morgan fingerprint density at radius 3 is 2.50 bits per heavy atom. The third-order valence-electron chi connectivity index (χ3n) is 3.48. The van der Waals surface area contributed by atoms with Crippen molar-refractivity contribution < 1.29 is 14.3 Å². The van der Waals surface area contributed by atoms with E-state index in [0.717, 1.165) is 25.7 Å². The Bertz CT molecular complexity index is 509. The highest BCUT2D eigenvalue weighted by Crippen LogP contribution is 2.48. The molecule has 0 bridgehead atoms. The monoisotopic (exact) mass is 267 g/mol. The lowest BCUT2D eigenvalue weighted by Crippen LogP contribution is -2.34. The summed E-state index contributed by atoms with van der Waals surface area (Å²) >= 11 is 6.06. The third-order valence-corrected chi connectivity index (χ3v) is 3.79. The van der Waals surface area contributed by atoms with E-state index in [2.05, 4.69) is 0 Å². The molecule has 1 fully saturated rings. The van der Waals surface area contributed by atoms with Gasteiger partial charge in [0, 0.05) is 24.5 Å². The van der Waals surface area contributed by atoms with E-state index in [9.17, 15) is 4.79 Å². The van der Waals surface area contributed by atoms with E-state index in [1.54, 1.807) is 12.1 Å². The zero-order valence-electron chi connectivity index (χ0n) is 9.87. The number of hydrogen-bond acceptors (Lipinski definition) is 4. The molecule has 2 aliphatic rings. The maximum Gasteiger partial charge on any atom is 0.251 e. The van der Waals surface area contributed by atoms with Crippen LogP contribution in [0.4, 0.5) is 0 Å². The molecule has 1 heterocycles. The first-order valence-corrected chi connectivity index (χ1v) is 6.46. The van der Waals surface area contributed by atoms with Crippen molar-refractivity contribution in [3.05, 3.63) is 22.7 Å². The summed E-state index contributed by atoms with van der Waals surface area (Å²) in [7, 11) is 0. The summed E-state index contributed by atoms with van der Waals surface area (Å²) in [5.41, 5.74) is 5.75. The van der Waals surface area contributed by atoms with Gasteiger partial charge in [-0.1, -0.05) is 11.6 Å². The topological polar surface area (TPSA) is 61.6 Å². The van der Waals surface area contributed by atoms with E-state index in [1.165, 1.54) is 0 Å². The van der Waals surface area contributed by atoms with Crippen molar-refractivity contribution in [2.24, 2.45) is 5.73 Å². The molecule has 0 unspecified atom stereocenters. The zero-order valence-corrected chi connectivity index (χ0v) is 10.6. The molecule has 0 atom stereocenters. The lowest BCUT2D eigenvalue weighted by Gasteiger charge is -2.21. The molecule has 1 aromatic carbocycles. The van der Waals surface area contributed by atoms with Crippen LogP contribution in [0.25, 0.3) is 0 Å². The van der Waals surface area contributed by atoms with E-state index >= 15 is 0 Å². The lowest BCUT2D eigenvalue weighted by atomic mass is 10.1. The number of ketones is 1. The van der Waals surface area contributed by atoms with E-state index in [-0.39, 0.29) is 12.3 Å². The summed E-state index contributed by atoms with van der Waals surface area (Å²) in [4.78, 5) is 11.6. The highest BCUT2D eigenvalue weighted by atomic mass is 35.5. The summed E-state index contributed by atoms with van der Waals surface area (Å²) in [6.07, 6.45) is 3.94. The molecule has 0 saturated heterocycles. The van der Waals surface area contributed by atoms with Crippen LogP contribution in [-0.2, 0) is 0 Å². The number of carbonyl (C=O) groups excluding carboxylic acids is 1. The number of ether oxygens (including phenoxy) is 2. The number of fused-ring (bicyclic) bond motifs is 1. The van der Waals surface area contributed by atoms with Crippen LogP contribution in [0, 0.1) is 0 Å². The molecule has 2 N–H and O–H groups in total. The summed E-state index contributed by atoms with van der Waals surface area (Å²) < 4.78 is 11.7. The van der Waals surface area contributed by atoms with E-state index in [4.69, 9.17) is 26.8 Å². The number of nitrogens with two attached hydrogens (primary N) is 1. The molecular weight excluding hydrogens is 254 g/mol. The van der Waals surface area contributed by atoms with Gasteiger partial charge in [0.05, 0.1) is 11.6 Å². The van der Waals surface area contributed by atoms with Crippen molar-refractivity contribution in [2.75, 3.05) is 6.54 Å². The Morgan fingerprint density at radius 1 is 1.28 bits per heavy atom. The molecule has 0 amide bonds. The molecule has 1 spiro atoms. The number of hydrogen-bond donors (Lipinski definition) is 1. The van der Waals surface area contributed by atoms with Gasteiger partial charge in [0.15, 0.2) is 17.3 Å². The first-order valence-electron chi connectivity index (χ1n) is 6.08. The van der Waals surface area contributed by atoms with Crippen molar-refractivity contribution in [3.8, 4) is 11.5 Å². The summed E-state index contributed by atoms with van der Waals surface area (Å²) in [5, 5.41) is 0.364. The van der Waals surface area contributed by atoms with Gasteiger partial charge in [0.1, 0.15) is 0 Å². The number of benzene rings is 1. The fraction of sp³-hybridized carbons (Fsp3) is 0.462. The molecule has 4 nitrogen and oxygen atoms in total. The Balaban J connectivity index is 1.97. The number of rotatable bonds is 2. The van der Waals surface area contributed by atoms with E-state index < -0.39 is 5.79 Å². The molecule has 1 aliphatic heterocycles. The van der Waals surface area contributed by atoms with Gasteiger partial charge in [0.2, 0.25) is 0 Å². The molecule has 0 radical (unpaired) electrons. The Morgan fingerprint density at radius 2 is 1.89 bits per heavy atom. The molecule has 0 aromatic heterocycles. The fourth-order valence-electron chi connectivity index (χ4n) is 2.56. The van der Waals surface area contributed by atoms with Gasteiger partial charge >= 0.3 is 0 Å². The molecular formula is C13H14ClNO3. The Labute approximate surface area is 110 Å². The standard InChI is InChI=1S/C13H14ClNO3/c14-9-6-12-11(5-8(9)10(16)7-15)17-13(18-12)3-1-2-4-13/h5-6H,1-4,7,15H2. The molecule has 3 rings (SSSR count). The lowest BCUT2D eigenvalue weighted by molar-refractivity contribution is -0.0716. The van der Waals surface area contributed by atoms with Crippen LogP contribution < -0.4 is 15.2 Å². The van der Waals surface area contributed by atoms with Crippen molar-refractivity contribution in [3.63, 3.8) is 0 Å². The van der Waals surface area contributed by atoms with Gasteiger partial charge in [-0.25, -0.2) is 0 Å². The second-order valence-corrected chi connectivity index (χ2v) is 5.14. The molecule has 1 aliphatic carbocycles. The van der Waals surface area contributed by atoms with Crippen LogP contribution in [0.1, 0.15) is 36.0 Å². The molecule has 5 heteroatoms. The quantitative estimate of drug-likeness (QED) is 0.837. The van der Waals surface area contributed by atoms with Gasteiger partial charge < -0.3 is 15.2 Å². The van der Waals surface area contributed by atoms with Gasteiger partial charge in [0.25, 0.3) is 5.79 Å². The van der Waals surface area contributed by atoms with Gasteiger partial charge in [-0.3, -0.25) is 4.79 Å². The second kappa shape index (κ2) is 4.14. The first-order chi connectivity index (χ1) is 8.63. The second-order valence-electron chi connectivity index (χ2n) is 4.73. The maximum atomic E-state index is 11.6. The molecule has 18 heavy (non-hydrogen) atoms. The number of carbonyl (C=O) groups is 1. The van der Waals surface area contributed by atoms with Crippen LogP contribution in [0.15, 0.2) is 12.1 Å². The van der Waals surface area contributed by atoms with E-state index in [0.29, 0.717) is 22.1 Å². The molecule has 1 aromatic rings. The van der Waals surface area contributed by atoms with Crippen LogP contribution in [0.3, 0.4) is 0 Å². The first kappa shape index (κ1) is 11.8. The van der Waals surface area contributed by atoms with Crippen LogP contribution in [0.2, 0.25) is 5.02 Å². The van der Waals surface area contributed by atoms with Crippen LogP contribution in [-0.4, -0.2) is 18.1 Å². The highest BCUT2D eigenvalue weighted by molar-refractivity contribution is 6.34. The normalized spacial score (nSPS) is 19.4. The van der Waals surface area contributed by atoms with Gasteiger partial charge in [-0.2, -0.15) is 0 Å². The average molecular weight is 268 g/mol. The van der Waals surface area contributed by atoms with Crippen LogP contribution >= 0.6 is 11.6 Å². The zero-order chi connectivity index (χ0) is 12.8. The number of halogens is 1. The van der Waals surface area contributed by atoms with Crippen molar-refractivity contribution in [1.29, 1.82) is 0 Å². The number of Topliss-reactive ketones (excluding diaryl/α,β-unsaturated/α-hetero) is 1. The maximum absolute atomic E-state index is 11.6. The Kier molecular flexibility index (Phi) is 2.72. The van der Waals surface area contributed by atoms with Crippen molar-refractivity contribution in [1.82, 2.24) is 0 Å². The summed E-state index contributed by atoms with van der Waals surface area (Å²) in [6, 6.07) is 3.28. The smallest absolute Gasteiger partial charge is 0.251 e. The van der Waals surface area contributed by atoms with Crippen LogP contribution in [0.5, 0.6) is 11.5 Å². The summed E-state index contributed by atoms with van der Waals surface area (Å²) in [5.74, 6) is 0.489. The predicted molar refractivity (Wildman–Crippen MR) is 67.3 cm³/mol. The Hall–Kier alpha value is -1.26. The fourth-order valence-corrected chi connectivity index (χ4v) is 2.82. The molecule has 1 saturated carbocycles. The van der Waals surface area contributed by atoms with Gasteiger partial charge in [-0.15, -0.1) is 0 Å². The average Bonchev–Trinajstić information content (AvgIpc) is 2.94. The third kappa shape index (κ3) is 1.76. The minimum atomic E-state index is -0.532.